The zero-order valence-electron chi connectivity index (χ0n) is 13.3. The van der Waals surface area contributed by atoms with Crippen LogP contribution in [0.3, 0.4) is 0 Å². The van der Waals surface area contributed by atoms with E-state index in [1.165, 1.54) is 32.1 Å². The quantitative estimate of drug-likeness (QED) is 0.772. The first-order chi connectivity index (χ1) is 10.2. The van der Waals surface area contributed by atoms with Gasteiger partial charge in [-0.3, -0.25) is 0 Å². The maximum atomic E-state index is 6.01. The van der Waals surface area contributed by atoms with Gasteiger partial charge in [-0.1, -0.05) is 50.8 Å². The third kappa shape index (κ3) is 5.19. The summed E-state index contributed by atoms with van der Waals surface area (Å²) in [6, 6.07) is 8.13. The second-order valence-corrected chi connectivity index (χ2v) is 6.56. The molecule has 1 aliphatic carbocycles. The Hall–Kier alpha value is -0.730. The van der Waals surface area contributed by atoms with Gasteiger partial charge in [-0.2, -0.15) is 0 Å². The number of hydrogen-bond donors (Lipinski definition) is 1. The lowest BCUT2D eigenvalue weighted by molar-refractivity contribution is 0.166. The Morgan fingerprint density at radius 1 is 1.24 bits per heavy atom. The molecule has 21 heavy (non-hydrogen) atoms. The van der Waals surface area contributed by atoms with Gasteiger partial charge in [-0.25, -0.2) is 0 Å². The predicted octanol–water partition coefficient (Wildman–Crippen LogP) is 4.91. The Labute approximate surface area is 134 Å². The predicted molar refractivity (Wildman–Crippen MR) is 90.2 cm³/mol. The second-order valence-electron chi connectivity index (χ2n) is 6.12. The van der Waals surface area contributed by atoms with Crippen LogP contribution in [0.15, 0.2) is 24.3 Å². The molecule has 1 atom stereocenters. The number of likely N-dealkylation sites (N-methyl/N-ethyl adjacent to an activating group) is 1. The minimum absolute atomic E-state index is 0.451. The van der Waals surface area contributed by atoms with Crippen molar-refractivity contribution in [3.8, 4) is 5.75 Å². The highest BCUT2D eigenvalue weighted by Crippen LogP contribution is 2.32. The van der Waals surface area contributed by atoms with Gasteiger partial charge in [0.1, 0.15) is 12.4 Å². The fourth-order valence-corrected chi connectivity index (χ4v) is 3.55. The van der Waals surface area contributed by atoms with Crippen molar-refractivity contribution in [3.63, 3.8) is 0 Å². The Bertz CT molecular complexity index is 415. The van der Waals surface area contributed by atoms with E-state index in [1.54, 1.807) is 0 Å². The molecule has 3 heteroatoms. The minimum atomic E-state index is 0.451. The SMILES string of the molecule is CCNC(COc1cccc(Cl)c1)C1CCC(CC)CC1. The minimum Gasteiger partial charge on any atom is -0.492 e. The van der Waals surface area contributed by atoms with Crippen LogP contribution in [0.1, 0.15) is 46.0 Å². The van der Waals surface area contributed by atoms with Crippen LogP contribution in [-0.2, 0) is 0 Å². The van der Waals surface area contributed by atoms with Gasteiger partial charge >= 0.3 is 0 Å². The van der Waals surface area contributed by atoms with E-state index < -0.39 is 0 Å². The van der Waals surface area contributed by atoms with Crippen LogP contribution in [0.2, 0.25) is 5.02 Å². The average Bonchev–Trinajstić information content (AvgIpc) is 2.52. The van der Waals surface area contributed by atoms with E-state index in [0.29, 0.717) is 6.04 Å². The molecule has 0 aromatic heterocycles. The van der Waals surface area contributed by atoms with Gasteiger partial charge in [0.15, 0.2) is 0 Å². The molecule has 2 nitrogen and oxygen atoms in total. The monoisotopic (exact) mass is 309 g/mol. The van der Waals surface area contributed by atoms with Crippen LogP contribution in [-0.4, -0.2) is 19.2 Å². The molecular weight excluding hydrogens is 282 g/mol. The van der Waals surface area contributed by atoms with Gasteiger partial charge in [-0.15, -0.1) is 0 Å². The molecule has 0 aliphatic heterocycles. The topological polar surface area (TPSA) is 21.3 Å². The average molecular weight is 310 g/mol. The zero-order chi connectivity index (χ0) is 15.1. The van der Waals surface area contributed by atoms with E-state index in [2.05, 4.69) is 19.2 Å². The molecule has 0 saturated heterocycles. The summed E-state index contributed by atoms with van der Waals surface area (Å²) in [6.07, 6.45) is 6.74. The first-order valence-corrected chi connectivity index (χ1v) is 8.72. The van der Waals surface area contributed by atoms with Crippen molar-refractivity contribution in [3.05, 3.63) is 29.3 Å². The van der Waals surface area contributed by atoms with Gasteiger partial charge in [0, 0.05) is 11.1 Å². The lowest BCUT2D eigenvalue weighted by Crippen LogP contribution is -2.42. The summed E-state index contributed by atoms with van der Waals surface area (Å²) in [7, 11) is 0. The first-order valence-electron chi connectivity index (χ1n) is 8.34. The van der Waals surface area contributed by atoms with Gasteiger partial charge in [-0.05, 0) is 49.4 Å². The first kappa shape index (κ1) is 16.6. The van der Waals surface area contributed by atoms with E-state index in [9.17, 15) is 0 Å². The van der Waals surface area contributed by atoms with Crippen molar-refractivity contribution < 1.29 is 4.74 Å². The maximum absolute atomic E-state index is 6.01. The molecule has 0 radical (unpaired) electrons. The van der Waals surface area contributed by atoms with Crippen LogP contribution in [0.25, 0.3) is 0 Å². The van der Waals surface area contributed by atoms with E-state index in [0.717, 1.165) is 35.8 Å². The lowest BCUT2D eigenvalue weighted by atomic mass is 9.77. The van der Waals surface area contributed by atoms with Crippen LogP contribution in [0.5, 0.6) is 5.75 Å². The third-order valence-electron chi connectivity index (χ3n) is 4.73. The lowest BCUT2D eigenvalue weighted by Gasteiger charge is -2.34. The Morgan fingerprint density at radius 3 is 2.62 bits per heavy atom. The van der Waals surface area contributed by atoms with E-state index in [-0.39, 0.29) is 0 Å². The van der Waals surface area contributed by atoms with Crippen molar-refractivity contribution in [2.75, 3.05) is 13.2 Å². The molecule has 1 aliphatic rings. The Kier molecular flexibility index (Phi) is 6.85. The van der Waals surface area contributed by atoms with Crippen LogP contribution in [0.4, 0.5) is 0 Å². The molecule has 1 saturated carbocycles. The largest absolute Gasteiger partial charge is 0.492 e. The van der Waals surface area contributed by atoms with Gasteiger partial charge < -0.3 is 10.1 Å². The normalized spacial score (nSPS) is 23.8. The van der Waals surface area contributed by atoms with Gasteiger partial charge in [0.2, 0.25) is 0 Å². The van der Waals surface area contributed by atoms with E-state index in [4.69, 9.17) is 16.3 Å². The standard InChI is InChI=1S/C18H28ClNO/c1-3-14-8-10-15(11-9-14)18(20-4-2)13-21-17-7-5-6-16(19)12-17/h5-7,12,14-15,18,20H,3-4,8-11,13H2,1-2H3. The molecule has 2 rings (SSSR count). The molecule has 0 spiro atoms. The highest BCUT2D eigenvalue weighted by Gasteiger charge is 2.26. The van der Waals surface area contributed by atoms with Crippen LogP contribution in [0, 0.1) is 11.8 Å². The fraction of sp³-hybridized carbons (Fsp3) is 0.667. The number of halogens is 1. The van der Waals surface area contributed by atoms with Crippen molar-refractivity contribution in [1.82, 2.24) is 5.32 Å². The molecule has 0 bridgehead atoms. The zero-order valence-corrected chi connectivity index (χ0v) is 14.0. The van der Waals surface area contributed by atoms with Crippen LogP contribution < -0.4 is 10.1 Å². The summed E-state index contributed by atoms with van der Waals surface area (Å²) in [5.41, 5.74) is 0. The summed E-state index contributed by atoms with van der Waals surface area (Å²) >= 11 is 6.01. The molecule has 0 heterocycles. The van der Waals surface area contributed by atoms with Crippen molar-refractivity contribution in [2.45, 2.75) is 52.0 Å². The molecule has 118 valence electrons. The molecule has 1 aromatic rings. The fourth-order valence-electron chi connectivity index (χ4n) is 3.37. The highest BCUT2D eigenvalue weighted by molar-refractivity contribution is 6.30. The number of hydrogen-bond acceptors (Lipinski definition) is 2. The van der Waals surface area contributed by atoms with Gasteiger partial charge in [0.05, 0.1) is 0 Å². The van der Waals surface area contributed by atoms with Gasteiger partial charge in [0.25, 0.3) is 0 Å². The number of rotatable bonds is 7. The number of nitrogens with one attached hydrogen (secondary N) is 1. The Balaban J connectivity index is 1.87. The number of ether oxygens (including phenoxy) is 1. The molecule has 1 fully saturated rings. The van der Waals surface area contributed by atoms with Crippen molar-refractivity contribution >= 4 is 11.6 Å². The molecule has 1 aromatic carbocycles. The van der Waals surface area contributed by atoms with E-state index >= 15 is 0 Å². The summed E-state index contributed by atoms with van der Waals surface area (Å²) < 4.78 is 5.96. The Morgan fingerprint density at radius 2 is 2.00 bits per heavy atom. The third-order valence-corrected chi connectivity index (χ3v) is 4.96. The summed E-state index contributed by atoms with van der Waals surface area (Å²) in [4.78, 5) is 0. The van der Waals surface area contributed by atoms with Crippen molar-refractivity contribution in [2.24, 2.45) is 11.8 Å². The summed E-state index contributed by atoms with van der Waals surface area (Å²) in [5.74, 6) is 2.55. The smallest absolute Gasteiger partial charge is 0.120 e. The molecule has 1 unspecified atom stereocenters. The molecule has 0 amide bonds. The maximum Gasteiger partial charge on any atom is 0.120 e. The number of benzene rings is 1. The summed E-state index contributed by atoms with van der Waals surface area (Å²) in [5, 5.41) is 4.34. The molecule has 1 N–H and O–H groups in total. The molecular formula is C18H28ClNO. The van der Waals surface area contributed by atoms with E-state index in [1.807, 2.05) is 24.3 Å². The summed E-state index contributed by atoms with van der Waals surface area (Å²) in [6.45, 7) is 6.21. The van der Waals surface area contributed by atoms with Crippen LogP contribution >= 0.6 is 11.6 Å². The van der Waals surface area contributed by atoms with Crippen molar-refractivity contribution in [1.29, 1.82) is 0 Å². The second kappa shape index (κ2) is 8.65. The highest BCUT2D eigenvalue weighted by atomic mass is 35.5.